The zero-order valence-electron chi connectivity index (χ0n) is 14.1. The van der Waals surface area contributed by atoms with E-state index in [4.69, 9.17) is 14.2 Å². The average Bonchev–Trinajstić information content (AvgIpc) is 3.25. The summed E-state index contributed by atoms with van der Waals surface area (Å²) in [5.74, 6) is 2.32. The van der Waals surface area contributed by atoms with Gasteiger partial charge in [0.25, 0.3) is 0 Å². The Morgan fingerprint density at radius 3 is 3.04 bits per heavy atom. The van der Waals surface area contributed by atoms with E-state index in [0.717, 1.165) is 21.9 Å². The van der Waals surface area contributed by atoms with Crippen molar-refractivity contribution in [1.29, 1.82) is 0 Å². The lowest BCUT2D eigenvalue weighted by Crippen LogP contribution is -2.15. The smallest absolute Gasteiger partial charge is 0.315 e. The van der Waals surface area contributed by atoms with Crippen LogP contribution in [-0.2, 0) is 4.79 Å². The second-order valence-corrected chi connectivity index (χ2v) is 6.61. The summed E-state index contributed by atoms with van der Waals surface area (Å²) in [4.78, 5) is 18.7. The number of H-pyrrole nitrogens is 2. The molecule has 4 rings (SSSR count). The van der Waals surface area contributed by atoms with E-state index in [1.54, 1.807) is 18.2 Å². The maximum Gasteiger partial charge on any atom is 0.315 e. The fraction of sp³-hybridized carbons (Fsp3) is 0.222. The molecular formula is C18H18N3O4S+. The van der Waals surface area contributed by atoms with Crippen molar-refractivity contribution in [3.63, 3.8) is 0 Å². The molecule has 1 aliphatic rings. The molecule has 8 heteroatoms. The predicted molar refractivity (Wildman–Crippen MR) is 97.9 cm³/mol. The summed E-state index contributed by atoms with van der Waals surface area (Å²) in [5.41, 5.74) is 2.59. The molecule has 1 aromatic heterocycles. The summed E-state index contributed by atoms with van der Waals surface area (Å²) in [7, 11) is 0. The van der Waals surface area contributed by atoms with Crippen LogP contribution in [0, 0.1) is 0 Å². The number of aromatic nitrogens is 2. The fourth-order valence-electron chi connectivity index (χ4n) is 2.65. The highest BCUT2D eigenvalue weighted by molar-refractivity contribution is 7.99. The molecular weight excluding hydrogens is 354 g/mol. The molecule has 0 saturated heterocycles. The topological polar surface area (TPSA) is 86.7 Å². The molecule has 0 bridgehead atoms. The van der Waals surface area contributed by atoms with Crippen LogP contribution in [0.5, 0.6) is 17.2 Å². The van der Waals surface area contributed by atoms with E-state index in [1.165, 1.54) is 11.8 Å². The van der Waals surface area contributed by atoms with Gasteiger partial charge in [-0.25, -0.2) is 9.97 Å². The van der Waals surface area contributed by atoms with Crippen LogP contribution >= 0.6 is 11.8 Å². The maximum atomic E-state index is 12.2. The third-order valence-corrected chi connectivity index (χ3v) is 4.70. The minimum Gasteiger partial charge on any atom is -0.494 e. The van der Waals surface area contributed by atoms with Gasteiger partial charge in [-0.3, -0.25) is 4.79 Å². The molecule has 0 fully saturated rings. The van der Waals surface area contributed by atoms with Gasteiger partial charge in [0, 0.05) is 17.8 Å². The predicted octanol–water partition coefficient (Wildman–Crippen LogP) is 2.84. The number of benzene rings is 2. The SMILES string of the molecule is CCOc1ccc2[nH+]c(SCC(=O)Nc3ccc4c(c3)OCO4)[nH]c2c1. The number of imidazole rings is 1. The molecule has 2 aromatic carbocycles. The summed E-state index contributed by atoms with van der Waals surface area (Å²) in [6.45, 7) is 2.78. The number of hydrogen-bond donors (Lipinski definition) is 2. The largest absolute Gasteiger partial charge is 0.494 e. The van der Waals surface area contributed by atoms with Crippen LogP contribution in [0.25, 0.3) is 11.0 Å². The van der Waals surface area contributed by atoms with Crippen LogP contribution in [0.3, 0.4) is 0 Å². The summed E-state index contributed by atoms with van der Waals surface area (Å²) in [5, 5.41) is 3.67. The number of anilines is 1. The number of ether oxygens (including phenoxy) is 3. The fourth-order valence-corrected chi connectivity index (χ4v) is 3.36. The number of carbonyl (C=O) groups excluding carboxylic acids is 1. The molecule has 1 amide bonds. The molecule has 26 heavy (non-hydrogen) atoms. The number of rotatable bonds is 6. The Morgan fingerprint density at radius 2 is 2.15 bits per heavy atom. The van der Waals surface area contributed by atoms with Gasteiger partial charge in [-0.1, -0.05) is 0 Å². The lowest BCUT2D eigenvalue weighted by Gasteiger charge is -2.04. The van der Waals surface area contributed by atoms with Crippen molar-refractivity contribution in [2.75, 3.05) is 24.5 Å². The first-order valence-electron chi connectivity index (χ1n) is 8.21. The molecule has 3 N–H and O–H groups in total. The number of carbonyl (C=O) groups is 1. The summed E-state index contributed by atoms with van der Waals surface area (Å²) < 4.78 is 16.1. The quantitative estimate of drug-likeness (QED) is 0.650. The maximum absolute atomic E-state index is 12.2. The monoisotopic (exact) mass is 372 g/mol. The Morgan fingerprint density at radius 1 is 1.27 bits per heavy atom. The minimum absolute atomic E-state index is 0.101. The van der Waals surface area contributed by atoms with Crippen molar-refractivity contribution < 1.29 is 24.0 Å². The van der Waals surface area contributed by atoms with Crippen molar-refractivity contribution in [2.24, 2.45) is 0 Å². The molecule has 3 aromatic rings. The first kappa shape index (κ1) is 16.6. The second-order valence-electron chi connectivity index (χ2n) is 5.62. The Balaban J connectivity index is 1.37. The normalized spacial score (nSPS) is 12.3. The first-order chi connectivity index (χ1) is 12.7. The molecule has 134 valence electrons. The highest BCUT2D eigenvalue weighted by Gasteiger charge is 2.16. The van der Waals surface area contributed by atoms with E-state index >= 15 is 0 Å². The van der Waals surface area contributed by atoms with Gasteiger partial charge in [0.05, 0.1) is 12.4 Å². The Hall–Kier alpha value is -2.87. The van der Waals surface area contributed by atoms with Gasteiger partial charge in [0.15, 0.2) is 22.5 Å². The average molecular weight is 372 g/mol. The van der Waals surface area contributed by atoms with Crippen molar-refractivity contribution in [1.82, 2.24) is 4.98 Å². The summed E-state index contributed by atoms with van der Waals surface area (Å²) in [6.07, 6.45) is 0. The van der Waals surface area contributed by atoms with Gasteiger partial charge in [-0.2, -0.15) is 0 Å². The van der Waals surface area contributed by atoms with E-state index in [0.29, 0.717) is 23.8 Å². The van der Waals surface area contributed by atoms with Gasteiger partial charge in [-0.15, -0.1) is 0 Å². The van der Waals surface area contributed by atoms with Gasteiger partial charge >= 0.3 is 5.16 Å². The van der Waals surface area contributed by atoms with Crippen molar-refractivity contribution in [3.05, 3.63) is 36.4 Å². The second kappa shape index (κ2) is 7.17. The molecule has 0 radical (unpaired) electrons. The number of hydrogen-bond acceptors (Lipinski definition) is 5. The van der Waals surface area contributed by atoms with Crippen LogP contribution in [0.4, 0.5) is 5.69 Å². The molecule has 0 atom stereocenters. The van der Waals surface area contributed by atoms with E-state index < -0.39 is 0 Å². The summed E-state index contributed by atoms with van der Waals surface area (Å²) in [6, 6.07) is 11.1. The van der Waals surface area contributed by atoms with E-state index in [1.807, 2.05) is 25.1 Å². The third-order valence-electron chi connectivity index (χ3n) is 3.80. The van der Waals surface area contributed by atoms with E-state index in [2.05, 4.69) is 15.3 Å². The molecule has 7 nitrogen and oxygen atoms in total. The lowest BCUT2D eigenvalue weighted by molar-refractivity contribution is -0.396. The molecule has 0 spiro atoms. The third kappa shape index (κ3) is 3.55. The molecule has 1 aliphatic heterocycles. The Labute approximate surface area is 154 Å². The van der Waals surface area contributed by atoms with Crippen molar-refractivity contribution in [3.8, 4) is 17.2 Å². The number of aromatic amines is 2. The van der Waals surface area contributed by atoms with E-state index in [9.17, 15) is 4.79 Å². The molecule has 2 heterocycles. The van der Waals surface area contributed by atoms with Crippen LogP contribution < -0.4 is 24.5 Å². The number of fused-ring (bicyclic) bond motifs is 2. The van der Waals surface area contributed by atoms with Crippen LogP contribution in [0.1, 0.15) is 6.92 Å². The molecule has 0 unspecified atom stereocenters. The highest BCUT2D eigenvalue weighted by atomic mass is 32.2. The Bertz CT molecular complexity index is 957. The van der Waals surface area contributed by atoms with Crippen molar-refractivity contribution in [2.45, 2.75) is 12.1 Å². The molecule has 0 aliphatic carbocycles. The highest BCUT2D eigenvalue weighted by Crippen LogP contribution is 2.34. The first-order valence-corrected chi connectivity index (χ1v) is 9.20. The standard InChI is InChI=1S/C18H17N3O4S/c1-2-23-12-4-5-13-14(8-12)21-18(20-13)26-9-17(22)19-11-3-6-15-16(7-11)25-10-24-15/h3-8H,2,9-10H2,1H3,(H,19,22)(H,20,21)/p+1. The van der Waals surface area contributed by atoms with Crippen molar-refractivity contribution >= 4 is 34.4 Å². The van der Waals surface area contributed by atoms with Crippen LogP contribution in [0.15, 0.2) is 41.6 Å². The lowest BCUT2D eigenvalue weighted by atomic mass is 10.3. The number of thioether (sulfide) groups is 1. The zero-order chi connectivity index (χ0) is 17.9. The number of amides is 1. The van der Waals surface area contributed by atoms with Gasteiger partial charge in [-0.05, 0) is 43.0 Å². The van der Waals surface area contributed by atoms with Crippen LogP contribution in [-0.4, -0.2) is 30.0 Å². The number of nitrogens with one attached hydrogen (secondary N) is 3. The van der Waals surface area contributed by atoms with E-state index in [-0.39, 0.29) is 18.5 Å². The van der Waals surface area contributed by atoms with Gasteiger partial charge in [0.2, 0.25) is 12.7 Å². The van der Waals surface area contributed by atoms with Gasteiger partial charge in [0.1, 0.15) is 5.75 Å². The Kier molecular flexibility index (Phi) is 4.57. The molecule has 0 saturated carbocycles. The summed E-state index contributed by atoms with van der Waals surface area (Å²) >= 11 is 1.40. The van der Waals surface area contributed by atoms with Crippen LogP contribution in [0.2, 0.25) is 0 Å². The van der Waals surface area contributed by atoms with Gasteiger partial charge < -0.3 is 19.5 Å². The zero-order valence-corrected chi connectivity index (χ0v) is 14.9. The minimum atomic E-state index is -0.101.